The number of halogens is 4. The Morgan fingerprint density at radius 3 is 2.68 bits per heavy atom. The molecule has 28 heavy (non-hydrogen) atoms. The number of carbonyl (C=O) groups excluding carboxylic acids is 1. The summed E-state index contributed by atoms with van der Waals surface area (Å²) in [6.07, 6.45) is -3.46. The molecule has 1 aromatic carbocycles. The van der Waals surface area contributed by atoms with Gasteiger partial charge in [-0.25, -0.2) is 0 Å². The van der Waals surface area contributed by atoms with Gasteiger partial charge in [0.25, 0.3) is 5.91 Å². The molecule has 1 aromatic heterocycles. The number of nitrogens with one attached hydrogen (secondary N) is 1. The van der Waals surface area contributed by atoms with E-state index in [1.807, 2.05) is 0 Å². The Labute approximate surface area is 164 Å². The molecule has 1 amide bonds. The first kappa shape index (κ1) is 18.5. The second kappa shape index (κ2) is 6.64. The minimum Gasteiger partial charge on any atom is -0.457 e. The number of rotatable bonds is 2. The van der Waals surface area contributed by atoms with E-state index in [-0.39, 0.29) is 28.3 Å². The summed E-state index contributed by atoms with van der Waals surface area (Å²) in [5.74, 6) is -0.713. The van der Waals surface area contributed by atoms with Crippen LogP contribution in [0.1, 0.15) is 5.76 Å². The Kier molecular flexibility index (Phi) is 4.39. The largest absolute Gasteiger partial charge is 0.457 e. The summed E-state index contributed by atoms with van der Waals surface area (Å²) in [6.45, 7) is 0. The molecular formula is C17H8ClF3N4O2S. The lowest BCUT2D eigenvalue weighted by Gasteiger charge is -2.19. The monoisotopic (exact) mass is 424 g/mol. The predicted octanol–water partition coefficient (Wildman–Crippen LogP) is 4.78. The molecule has 0 radical (unpaired) electrons. The van der Waals surface area contributed by atoms with Gasteiger partial charge in [-0.05, 0) is 42.1 Å². The van der Waals surface area contributed by atoms with E-state index in [0.29, 0.717) is 21.4 Å². The third kappa shape index (κ3) is 3.25. The van der Waals surface area contributed by atoms with E-state index in [2.05, 4.69) is 10.1 Å². The third-order valence-corrected chi connectivity index (χ3v) is 5.03. The molecular weight excluding hydrogens is 417 g/mol. The van der Waals surface area contributed by atoms with Crippen LogP contribution in [-0.2, 0) is 4.79 Å². The maximum atomic E-state index is 12.8. The number of alkyl halides is 3. The molecule has 0 saturated carbocycles. The van der Waals surface area contributed by atoms with Crippen LogP contribution in [0.25, 0.3) is 17.4 Å². The fraction of sp³-hybridized carbons (Fsp3) is 0.0588. The topological polar surface area (TPSA) is 82.0 Å². The molecule has 2 aliphatic heterocycles. The first-order valence-electron chi connectivity index (χ1n) is 7.66. The zero-order valence-corrected chi connectivity index (χ0v) is 15.2. The number of carbonyl (C=O) groups is 1. The van der Waals surface area contributed by atoms with E-state index in [4.69, 9.17) is 21.4 Å². The quantitative estimate of drug-likeness (QED) is 0.703. The summed E-state index contributed by atoms with van der Waals surface area (Å²) in [5, 5.41) is 11.0. The maximum absolute atomic E-state index is 12.8. The molecule has 0 fully saturated rings. The number of thioether (sulfide) groups is 1. The zero-order valence-electron chi connectivity index (χ0n) is 13.6. The lowest BCUT2D eigenvalue weighted by atomic mass is 10.1. The van der Waals surface area contributed by atoms with E-state index in [0.717, 1.165) is 0 Å². The van der Waals surface area contributed by atoms with Gasteiger partial charge in [-0.3, -0.25) is 10.2 Å². The minimum absolute atomic E-state index is 0.194. The van der Waals surface area contributed by atoms with E-state index < -0.39 is 23.0 Å². The maximum Gasteiger partial charge on any atom is 0.441 e. The van der Waals surface area contributed by atoms with Crippen LogP contribution in [0.5, 0.6) is 0 Å². The molecule has 0 atom stereocenters. The summed E-state index contributed by atoms with van der Waals surface area (Å²) in [5.41, 5.74) is 0.395. The lowest BCUT2D eigenvalue weighted by Crippen LogP contribution is -2.35. The standard InChI is InChI=1S/C17H8ClF3N4O2S/c18-11-4-2-1-3-9(11)12-6-5-8(27-12)7-10-13(22)25-16(23-14(10)26)28-15(24-25)17(19,20)21/h1-7,22H/b10-7-,22-13?. The number of hydrazone groups is 1. The molecule has 4 rings (SSSR count). The van der Waals surface area contributed by atoms with Crippen LogP contribution in [0, 0.1) is 5.41 Å². The van der Waals surface area contributed by atoms with Gasteiger partial charge in [0.2, 0.25) is 10.2 Å². The molecule has 0 aliphatic carbocycles. The highest BCUT2D eigenvalue weighted by Gasteiger charge is 2.46. The van der Waals surface area contributed by atoms with Crippen LogP contribution in [0.15, 0.2) is 56.5 Å². The van der Waals surface area contributed by atoms with Crippen LogP contribution in [-0.4, -0.2) is 33.1 Å². The second-order valence-electron chi connectivity index (χ2n) is 5.60. The minimum atomic E-state index is -4.69. The van der Waals surface area contributed by atoms with E-state index in [9.17, 15) is 18.0 Å². The Bertz CT molecular complexity index is 1100. The van der Waals surface area contributed by atoms with Crippen molar-refractivity contribution in [2.45, 2.75) is 6.18 Å². The number of furan rings is 1. The highest BCUT2D eigenvalue weighted by atomic mass is 35.5. The second-order valence-corrected chi connectivity index (χ2v) is 6.97. The first-order chi connectivity index (χ1) is 13.2. The smallest absolute Gasteiger partial charge is 0.441 e. The van der Waals surface area contributed by atoms with Crippen LogP contribution in [0.3, 0.4) is 0 Å². The Morgan fingerprint density at radius 1 is 1.21 bits per heavy atom. The van der Waals surface area contributed by atoms with Crippen LogP contribution >= 0.6 is 23.4 Å². The highest BCUT2D eigenvalue weighted by molar-refractivity contribution is 8.27. The number of aliphatic imine (C=N–C) groups is 1. The van der Waals surface area contributed by atoms with Crippen LogP contribution in [0.2, 0.25) is 5.02 Å². The summed E-state index contributed by atoms with van der Waals surface area (Å²) < 4.78 is 44.1. The average molecular weight is 425 g/mol. The molecule has 0 unspecified atom stereocenters. The van der Waals surface area contributed by atoms with Gasteiger partial charge < -0.3 is 4.42 Å². The van der Waals surface area contributed by atoms with Crippen molar-refractivity contribution in [1.82, 2.24) is 5.01 Å². The normalized spacial score (nSPS) is 18.4. The van der Waals surface area contributed by atoms with Gasteiger partial charge in [-0.15, -0.1) is 0 Å². The number of hydrogen-bond acceptors (Lipinski definition) is 5. The van der Waals surface area contributed by atoms with Crippen molar-refractivity contribution in [2.24, 2.45) is 10.1 Å². The number of amidine groups is 2. The summed E-state index contributed by atoms with van der Waals surface area (Å²) >= 11 is 6.31. The fourth-order valence-electron chi connectivity index (χ4n) is 2.49. The summed E-state index contributed by atoms with van der Waals surface area (Å²) in [4.78, 5) is 15.8. The zero-order chi connectivity index (χ0) is 20.1. The molecule has 3 heterocycles. The van der Waals surface area contributed by atoms with Gasteiger partial charge in [-0.2, -0.15) is 28.3 Å². The van der Waals surface area contributed by atoms with Crippen LogP contribution < -0.4 is 0 Å². The summed E-state index contributed by atoms with van der Waals surface area (Å²) in [7, 11) is 0. The molecule has 0 spiro atoms. The summed E-state index contributed by atoms with van der Waals surface area (Å²) in [6, 6.07) is 10.2. The van der Waals surface area contributed by atoms with Crippen molar-refractivity contribution in [3.63, 3.8) is 0 Å². The number of amides is 1. The van der Waals surface area contributed by atoms with E-state index in [1.165, 1.54) is 6.08 Å². The molecule has 1 N–H and O–H groups in total. The number of hydrogen-bond donors (Lipinski definition) is 1. The Balaban J connectivity index is 1.67. The van der Waals surface area contributed by atoms with E-state index in [1.54, 1.807) is 36.4 Å². The number of fused-ring (bicyclic) bond motifs is 1. The van der Waals surface area contributed by atoms with Gasteiger partial charge >= 0.3 is 6.18 Å². The fourth-order valence-corrected chi connectivity index (χ4v) is 3.47. The first-order valence-corrected chi connectivity index (χ1v) is 8.85. The molecule has 2 aromatic rings. The Hall–Kier alpha value is -2.85. The van der Waals surface area contributed by atoms with Gasteiger partial charge in [0.15, 0.2) is 5.84 Å². The van der Waals surface area contributed by atoms with E-state index >= 15 is 0 Å². The molecule has 142 valence electrons. The van der Waals surface area contributed by atoms with Crippen LogP contribution in [0.4, 0.5) is 13.2 Å². The van der Waals surface area contributed by atoms with Gasteiger partial charge in [0.05, 0.1) is 10.6 Å². The van der Waals surface area contributed by atoms with Crippen molar-refractivity contribution in [2.75, 3.05) is 0 Å². The molecule has 0 saturated heterocycles. The average Bonchev–Trinajstić information content (AvgIpc) is 3.26. The predicted molar refractivity (Wildman–Crippen MR) is 100 cm³/mol. The van der Waals surface area contributed by atoms with Gasteiger partial charge in [0, 0.05) is 5.56 Å². The number of benzene rings is 1. The molecule has 6 nitrogen and oxygen atoms in total. The Morgan fingerprint density at radius 2 is 1.96 bits per heavy atom. The molecule has 11 heteroatoms. The lowest BCUT2D eigenvalue weighted by molar-refractivity contribution is -0.114. The van der Waals surface area contributed by atoms with Crippen molar-refractivity contribution in [3.05, 3.63) is 52.8 Å². The van der Waals surface area contributed by atoms with Crippen molar-refractivity contribution in [1.29, 1.82) is 5.41 Å². The van der Waals surface area contributed by atoms with Crippen molar-refractivity contribution >= 4 is 51.4 Å². The van der Waals surface area contributed by atoms with Crippen molar-refractivity contribution in [3.8, 4) is 11.3 Å². The van der Waals surface area contributed by atoms with Gasteiger partial charge in [0.1, 0.15) is 11.5 Å². The highest BCUT2D eigenvalue weighted by Crippen LogP contribution is 2.35. The number of nitrogens with zero attached hydrogens (tertiary/aromatic N) is 3. The third-order valence-electron chi connectivity index (χ3n) is 3.75. The SMILES string of the molecule is N=C1/C(=C/c2ccc(-c3ccccc3Cl)o2)C(=O)N=C2SC(C(F)(F)F)=NN12. The van der Waals surface area contributed by atoms with Gasteiger partial charge in [-0.1, -0.05) is 23.7 Å². The van der Waals surface area contributed by atoms with Crippen molar-refractivity contribution < 1.29 is 22.4 Å². The molecule has 2 aliphatic rings. The molecule has 0 bridgehead atoms.